The maximum absolute atomic E-state index is 13.3. The summed E-state index contributed by atoms with van der Waals surface area (Å²) >= 11 is 0. The van der Waals surface area contributed by atoms with Gasteiger partial charge in [-0.2, -0.15) is 0 Å². The summed E-state index contributed by atoms with van der Waals surface area (Å²) in [5.74, 6) is 1.10. The van der Waals surface area contributed by atoms with Crippen LogP contribution in [0.4, 0.5) is 0 Å². The molecule has 0 amide bonds. The quantitative estimate of drug-likeness (QED) is 0.0817. The SMILES string of the molecule is CCOC(=O)C(CCCCO)(CCCC[C@@H]1c2ccc(OCOC)cc2OC[C@]1(C)c1ccc(OCOC)cc1)C(=O)OCC. The van der Waals surface area contributed by atoms with Gasteiger partial charge in [0.15, 0.2) is 19.0 Å². The monoisotopic (exact) mass is 630 g/mol. The third-order valence-electron chi connectivity index (χ3n) is 8.55. The summed E-state index contributed by atoms with van der Waals surface area (Å²) in [4.78, 5) is 26.6. The predicted octanol–water partition coefficient (Wildman–Crippen LogP) is 5.92. The first-order valence-electron chi connectivity index (χ1n) is 15.9. The minimum atomic E-state index is -1.40. The molecule has 3 rings (SSSR count). The minimum absolute atomic E-state index is 0.0127. The molecular weight excluding hydrogens is 580 g/mol. The summed E-state index contributed by atoms with van der Waals surface area (Å²) in [5.41, 5.74) is 0.406. The normalized spacial score (nSPS) is 17.6. The van der Waals surface area contributed by atoms with Gasteiger partial charge in [0, 0.05) is 38.2 Å². The van der Waals surface area contributed by atoms with E-state index < -0.39 is 17.4 Å². The Bertz CT molecular complexity index is 1180. The molecule has 1 aliphatic heterocycles. The Kier molecular flexibility index (Phi) is 14.4. The van der Waals surface area contributed by atoms with Crippen molar-refractivity contribution in [2.24, 2.45) is 5.41 Å². The largest absolute Gasteiger partial charge is 0.492 e. The Morgan fingerprint density at radius 1 is 0.867 bits per heavy atom. The van der Waals surface area contributed by atoms with Crippen LogP contribution in [-0.2, 0) is 34.0 Å². The third-order valence-corrected chi connectivity index (χ3v) is 8.55. The third kappa shape index (κ3) is 9.11. The van der Waals surface area contributed by atoms with E-state index in [9.17, 15) is 14.7 Å². The summed E-state index contributed by atoms with van der Waals surface area (Å²) in [6, 6.07) is 13.9. The summed E-state index contributed by atoms with van der Waals surface area (Å²) < 4.78 is 38.5. The molecule has 0 bridgehead atoms. The van der Waals surface area contributed by atoms with Crippen molar-refractivity contribution in [2.75, 3.05) is 54.2 Å². The molecule has 0 unspecified atom stereocenters. The molecule has 1 heterocycles. The van der Waals surface area contributed by atoms with Crippen molar-refractivity contribution in [2.45, 2.75) is 77.0 Å². The highest BCUT2D eigenvalue weighted by Crippen LogP contribution is 2.50. The van der Waals surface area contributed by atoms with Gasteiger partial charge in [-0.3, -0.25) is 9.59 Å². The topological polar surface area (TPSA) is 119 Å². The van der Waals surface area contributed by atoms with Crippen molar-refractivity contribution in [3.8, 4) is 17.2 Å². The molecule has 0 fully saturated rings. The van der Waals surface area contributed by atoms with Crippen molar-refractivity contribution in [1.82, 2.24) is 0 Å². The second-order valence-electron chi connectivity index (χ2n) is 11.5. The lowest BCUT2D eigenvalue weighted by Gasteiger charge is -2.43. The van der Waals surface area contributed by atoms with E-state index in [2.05, 4.69) is 25.1 Å². The van der Waals surface area contributed by atoms with Crippen LogP contribution in [0.15, 0.2) is 42.5 Å². The second kappa shape index (κ2) is 18.0. The first-order chi connectivity index (χ1) is 21.8. The number of rotatable bonds is 20. The highest BCUT2D eigenvalue weighted by molar-refractivity contribution is 6.00. The molecule has 250 valence electrons. The van der Waals surface area contributed by atoms with Crippen LogP contribution in [-0.4, -0.2) is 71.3 Å². The number of ether oxygens (including phenoxy) is 7. The fourth-order valence-electron chi connectivity index (χ4n) is 6.10. The number of fused-ring (bicyclic) bond motifs is 1. The Labute approximate surface area is 267 Å². The Balaban J connectivity index is 1.89. The van der Waals surface area contributed by atoms with E-state index in [4.69, 9.17) is 33.2 Å². The highest BCUT2D eigenvalue weighted by Gasteiger charge is 2.48. The van der Waals surface area contributed by atoms with Crippen LogP contribution in [0.2, 0.25) is 0 Å². The fourth-order valence-corrected chi connectivity index (χ4v) is 6.10. The number of aliphatic hydroxyl groups is 1. The molecule has 10 heteroatoms. The van der Waals surface area contributed by atoms with Crippen LogP contribution >= 0.6 is 0 Å². The van der Waals surface area contributed by atoms with Crippen molar-refractivity contribution in [3.63, 3.8) is 0 Å². The predicted molar refractivity (Wildman–Crippen MR) is 169 cm³/mol. The van der Waals surface area contributed by atoms with Gasteiger partial charge in [0.2, 0.25) is 0 Å². The number of benzene rings is 2. The molecule has 45 heavy (non-hydrogen) atoms. The minimum Gasteiger partial charge on any atom is -0.492 e. The molecule has 10 nitrogen and oxygen atoms in total. The highest BCUT2D eigenvalue weighted by atomic mass is 16.7. The molecule has 0 saturated heterocycles. The molecule has 1 N–H and O–H groups in total. The Morgan fingerprint density at radius 3 is 2.02 bits per heavy atom. The standard InChI is InChI=1S/C35H50O10/c1-6-41-32(37)35(20-10-11-21-36,33(38)42-7-2)19-9-8-12-30-29-18-17-28(45-25-40-5)22-31(29)43-23-34(30,3)26-13-15-27(16-14-26)44-24-39-4/h13-18,22,30,36H,6-12,19-21,23-25H2,1-5H3/t30-,34-/m1/s1. The molecule has 0 aromatic heterocycles. The van der Waals surface area contributed by atoms with Gasteiger partial charge >= 0.3 is 11.9 Å². The van der Waals surface area contributed by atoms with Crippen LogP contribution in [0.3, 0.4) is 0 Å². The van der Waals surface area contributed by atoms with E-state index in [-0.39, 0.29) is 51.2 Å². The number of aliphatic hydroxyl groups excluding tert-OH is 1. The van der Waals surface area contributed by atoms with Crippen molar-refractivity contribution >= 4 is 11.9 Å². The van der Waals surface area contributed by atoms with E-state index >= 15 is 0 Å². The molecule has 1 aliphatic rings. The fraction of sp³-hybridized carbons (Fsp3) is 0.600. The van der Waals surface area contributed by atoms with Crippen LogP contribution in [0.25, 0.3) is 0 Å². The van der Waals surface area contributed by atoms with Crippen molar-refractivity contribution < 1.29 is 47.9 Å². The van der Waals surface area contributed by atoms with Gasteiger partial charge < -0.3 is 38.3 Å². The van der Waals surface area contributed by atoms with E-state index in [1.165, 1.54) is 0 Å². The lowest BCUT2D eigenvalue weighted by molar-refractivity contribution is -0.173. The molecule has 0 saturated carbocycles. The van der Waals surface area contributed by atoms with E-state index in [0.717, 1.165) is 29.7 Å². The number of hydrogen-bond acceptors (Lipinski definition) is 10. The first-order valence-corrected chi connectivity index (χ1v) is 15.9. The molecule has 0 spiro atoms. The molecule has 2 aromatic carbocycles. The van der Waals surface area contributed by atoms with Crippen LogP contribution in [0, 0.1) is 5.41 Å². The van der Waals surface area contributed by atoms with Gasteiger partial charge in [-0.15, -0.1) is 0 Å². The first kappa shape index (κ1) is 36.1. The lowest BCUT2D eigenvalue weighted by atomic mass is 9.66. The molecule has 0 aliphatic carbocycles. The molecule has 2 atom stereocenters. The molecule has 2 aromatic rings. The van der Waals surface area contributed by atoms with Crippen molar-refractivity contribution in [1.29, 1.82) is 0 Å². The maximum atomic E-state index is 13.3. The average Bonchev–Trinajstić information content (AvgIpc) is 3.05. The zero-order valence-corrected chi connectivity index (χ0v) is 27.4. The maximum Gasteiger partial charge on any atom is 0.323 e. The van der Waals surface area contributed by atoms with Crippen LogP contribution < -0.4 is 14.2 Å². The van der Waals surface area contributed by atoms with E-state index in [1.807, 2.05) is 24.3 Å². The number of methoxy groups -OCH3 is 2. The zero-order valence-electron chi connectivity index (χ0n) is 27.4. The number of esters is 2. The zero-order chi connectivity index (χ0) is 32.7. The summed E-state index contributed by atoms with van der Waals surface area (Å²) in [5, 5.41) is 9.37. The summed E-state index contributed by atoms with van der Waals surface area (Å²) in [6.45, 7) is 6.75. The lowest BCUT2D eigenvalue weighted by Crippen LogP contribution is -2.42. The molecular formula is C35H50O10. The van der Waals surface area contributed by atoms with Gasteiger partial charge in [0.05, 0.1) is 19.8 Å². The summed E-state index contributed by atoms with van der Waals surface area (Å²) in [7, 11) is 3.16. The summed E-state index contributed by atoms with van der Waals surface area (Å²) in [6.07, 6.45) is 3.71. The average molecular weight is 631 g/mol. The van der Waals surface area contributed by atoms with Gasteiger partial charge in [0.25, 0.3) is 0 Å². The molecule has 0 radical (unpaired) electrons. The number of carbonyl (C=O) groups is 2. The number of carbonyl (C=O) groups excluding carboxylic acids is 2. The van der Waals surface area contributed by atoms with Gasteiger partial charge in [-0.25, -0.2) is 0 Å². The smallest absolute Gasteiger partial charge is 0.323 e. The van der Waals surface area contributed by atoms with E-state index in [1.54, 1.807) is 28.1 Å². The Hall–Kier alpha value is -3.34. The van der Waals surface area contributed by atoms with Gasteiger partial charge in [-0.05, 0) is 75.3 Å². The van der Waals surface area contributed by atoms with Gasteiger partial charge in [0.1, 0.15) is 17.2 Å². The number of unbranched alkanes of at least 4 members (excludes halogenated alkanes) is 2. The number of hydrogen-bond donors (Lipinski definition) is 1. The van der Waals surface area contributed by atoms with Crippen LogP contribution in [0.5, 0.6) is 17.2 Å². The van der Waals surface area contributed by atoms with Gasteiger partial charge in [-0.1, -0.05) is 38.0 Å². The van der Waals surface area contributed by atoms with E-state index in [0.29, 0.717) is 43.8 Å². The van der Waals surface area contributed by atoms with Crippen LogP contribution in [0.1, 0.15) is 82.8 Å². The Morgan fingerprint density at radius 2 is 1.44 bits per heavy atom. The van der Waals surface area contributed by atoms with Crippen molar-refractivity contribution in [3.05, 3.63) is 53.6 Å². The second-order valence-corrected chi connectivity index (χ2v) is 11.5.